The van der Waals surface area contributed by atoms with E-state index in [9.17, 15) is 9.18 Å². The fourth-order valence-electron chi connectivity index (χ4n) is 3.23. The number of carbonyl (C=O) groups is 1. The van der Waals surface area contributed by atoms with Crippen LogP contribution in [-0.2, 0) is 16.1 Å². The van der Waals surface area contributed by atoms with Crippen molar-refractivity contribution >= 4 is 16.9 Å². The number of aromatic nitrogens is 3. The number of halogens is 1. The first-order chi connectivity index (χ1) is 14.5. The van der Waals surface area contributed by atoms with Crippen LogP contribution in [0, 0.1) is 12.7 Å². The molecule has 0 atom stereocenters. The number of rotatable bonds is 6. The predicted molar refractivity (Wildman–Crippen MR) is 112 cm³/mol. The number of aryl methyl sites for hydroxylation is 1. The van der Waals surface area contributed by atoms with E-state index < -0.39 is 5.91 Å². The maximum atomic E-state index is 13.8. The van der Waals surface area contributed by atoms with Crippen LogP contribution in [0.25, 0.3) is 33.4 Å². The predicted octanol–water partition coefficient (Wildman–Crippen LogP) is 3.81. The van der Waals surface area contributed by atoms with Crippen LogP contribution in [0.4, 0.5) is 4.39 Å². The molecule has 2 aromatic heterocycles. The highest BCUT2D eigenvalue weighted by molar-refractivity contribution is 5.87. The van der Waals surface area contributed by atoms with Gasteiger partial charge in [-0.25, -0.2) is 4.39 Å². The molecule has 0 saturated carbocycles. The van der Waals surface area contributed by atoms with E-state index in [1.807, 2.05) is 24.3 Å². The van der Waals surface area contributed by atoms with Crippen molar-refractivity contribution < 1.29 is 13.9 Å². The number of amides is 1. The maximum absolute atomic E-state index is 13.8. The molecule has 6 nitrogen and oxygen atoms in total. The average molecular weight is 402 g/mol. The largest absolute Gasteiger partial charge is 0.368 e. The van der Waals surface area contributed by atoms with E-state index in [1.165, 1.54) is 6.07 Å². The van der Waals surface area contributed by atoms with E-state index >= 15 is 0 Å². The van der Waals surface area contributed by atoms with Crippen LogP contribution >= 0.6 is 0 Å². The molecule has 2 aromatic carbocycles. The van der Waals surface area contributed by atoms with Crippen molar-refractivity contribution in [2.75, 3.05) is 6.61 Å². The number of primary amides is 1. The Morgan fingerprint density at radius 2 is 1.77 bits per heavy atom. The molecule has 2 heterocycles. The molecule has 0 spiro atoms. The summed E-state index contributed by atoms with van der Waals surface area (Å²) in [6.07, 6.45) is 4.97. The Morgan fingerprint density at radius 1 is 1.00 bits per heavy atom. The standard InChI is InChI=1S/C23H19FN4O2/c1-14-8-17(2-4-19(14)24)23-18(9-15(11-28-23)12-30-13-22(25)29)16-3-5-20-21(10-16)27-7-6-26-20/h2-11H,12-13H2,1H3,(H2,25,29). The van der Waals surface area contributed by atoms with E-state index in [-0.39, 0.29) is 19.0 Å². The van der Waals surface area contributed by atoms with Gasteiger partial charge in [0.2, 0.25) is 5.91 Å². The lowest BCUT2D eigenvalue weighted by Gasteiger charge is -2.13. The minimum Gasteiger partial charge on any atom is -0.368 e. The quantitative estimate of drug-likeness (QED) is 0.530. The van der Waals surface area contributed by atoms with Gasteiger partial charge in [-0.2, -0.15) is 0 Å². The second kappa shape index (κ2) is 8.34. The average Bonchev–Trinajstić information content (AvgIpc) is 2.75. The molecule has 4 aromatic rings. The number of hydrogen-bond acceptors (Lipinski definition) is 5. The molecule has 0 bridgehead atoms. The molecule has 0 fully saturated rings. The number of nitrogens with zero attached hydrogens (tertiary/aromatic N) is 3. The molecule has 7 heteroatoms. The van der Waals surface area contributed by atoms with Gasteiger partial charge in [-0.3, -0.25) is 19.7 Å². The first-order valence-corrected chi connectivity index (χ1v) is 9.34. The molecular weight excluding hydrogens is 383 g/mol. The van der Waals surface area contributed by atoms with Crippen molar-refractivity contribution in [2.24, 2.45) is 5.73 Å². The smallest absolute Gasteiger partial charge is 0.243 e. The van der Waals surface area contributed by atoms with Gasteiger partial charge in [-0.15, -0.1) is 0 Å². The molecule has 0 saturated heterocycles. The molecule has 2 N–H and O–H groups in total. The highest BCUT2D eigenvalue weighted by atomic mass is 19.1. The van der Waals surface area contributed by atoms with Gasteiger partial charge in [-0.1, -0.05) is 6.07 Å². The Labute approximate surface area is 172 Å². The second-order valence-corrected chi connectivity index (χ2v) is 6.92. The summed E-state index contributed by atoms with van der Waals surface area (Å²) in [5.41, 5.74) is 11.2. The van der Waals surface area contributed by atoms with Crippen molar-refractivity contribution in [1.82, 2.24) is 15.0 Å². The van der Waals surface area contributed by atoms with Crippen LogP contribution < -0.4 is 5.73 Å². The minimum atomic E-state index is -0.533. The Balaban J connectivity index is 1.82. The van der Waals surface area contributed by atoms with E-state index in [0.717, 1.165) is 33.3 Å². The zero-order chi connectivity index (χ0) is 21.1. The monoisotopic (exact) mass is 402 g/mol. The fraction of sp³-hybridized carbons (Fsp3) is 0.130. The minimum absolute atomic E-state index is 0.167. The second-order valence-electron chi connectivity index (χ2n) is 6.92. The Morgan fingerprint density at radius 3 is 2.53 bits per heavy atom. The van der Waals surface area contributed by atoms with Crippen LogP contribution in [0.1, 0.15) is 11.1 Å². The third-order valence-corrected chi connectivity index (χ3v) is 4.67. The lowest BCUT2D eigenvalue weighted by Crippen LogP contribution is -2.17. The number of carbonyl (C=O) groups excluding carboxylic acids is 1. The van der Waals surface area contributed by atoms with Crippen LogP contribution in [-0.4, -0.2) is 27.5 Å². The lowest BCUT2D eigenvalue weighted by atomic mass is 9.96. The van der Waals surface area contributed by atoms with Gasteiger partial charge in [0.1, 0.15) is 12.4 Å². The summed E-state index contributed by atoms with van der Waals surface area (Å²) in [6.45, 7) is 1.75. The van der Waals surface area contributed by atoms with Gasteiger partial charge in [0.25, 0.3) is 0 Å². The lowest BCUT2D eigenvalue weighted by molar-refractivity contribution is -0.122. The van der Waals surface area contributed by atoms with E-state index in [1.54, 1.807) is 37.6 Å². The molecule has 0 aliphatic carbocycles. The van der Waals surface area contributed by atoms with Gasteiger partial charge in [0, 0.05) is 29.7 Å². The first kappa shape index (κ1) is 19.6. The Bertz CT molecular complexity index is 1240. The van der Waals surface area contributed by atoms with Gasteiger partial charge in [-0.05, 0) is 60.0 Å². The first-order valence-electron chi connectivity index (χ1n) is 9.34. The molecule has 30 heavy (non-hydrogen) atoms. The highest BCUT2D eigenvalue weighted by Gasteiger charge is 2.13. The maximum Gasteiger partial charge on any atom is 0.243 e. The molecular formula is C23H19FN4O2. The molecule has 0 aliphatic rings. The summed E-state index contributed by atoms with van der Waals surface area (Å²) in [7, 11) is 0. The molecule has 4 rings (SSSR count). The van der Waals surface area contributed by atoms with Crippen molar-refractivity contribution in [1.29, 1.82) is 0 Å². The SMILES string of the molecule is Cc1cc(-c2ncc(COCC(N)=O)cc2-c2ccc3nccnc3c2)ccc1F. The van der Waals surface area contributed by atoms with Crippen LogP contribution in [0.5, 0.6) is 0 Å². The summed E-state index contributed by atoms with van der Waals surface area (Å²) < 4.78 is 19.1. The van der Waals surface area contributed by atoms with Crippen LogP contribution in [0.3, 0.4) is 0 Å². The third kappa shape index (κ3) is 4.16. The zero-order valence-corrected chi connectivity index (χ0v) is 16.3. The summed E-state index contributed by atoms with van der Waals surface area (Å²) in [5.74, 6) is -0.799. The van der Waals surface area contributed by atoms with E-state index in [2.05, 4.69) is 15.0 Å². The normalized spacial score (nSPS) is 11.0. The van der Waals surface area contributed by atoms with Gasteiger partial charge < -0.3 is 10.5 Å². The Hall–Kier alpha value is -3.71. The molecule has 150 valence electrons. The molecule has 0 radical (unpaired) electrons. The van der Waals surface area contributed by atoms with Crippen LogP contribution in [0.15, 0.2) is 61.1 Å². The van der Waals surface area contributed by atoms with Crippen molar-refractivity contribution in [2.45, 2.75) is 13.5 Å². The molecule has 1 amide bonds. The number of ether oxygens (including phenoxy) is 1. The third-order valence-electron chi connectivity index (χ3n) is 4.67. The van der Waals surface area contributed by atoms with Gasteiger partial charge in [0.05, 0.1) is 23.3 Å². The number of benzene rings is 2. The zero-order valence-electron chi connectivity index (χ0n) is 16.3. The van der Waals surface area contributed by atoms with Gasteiger partial charge >= 0.3 is 0 Å². The molecule has 0 aliphatic heterocycles. The van der Waals surface area contributed by atoms with E-state index in [4.69, 9.17) is 10.5 Å². The summed E-state index contributed by atoms with van der Waals surface area (Å²) in [5, 5.41) is 0. The molecule has 0 unspecified atom stereocenters. The number of hydrogen-bond donors (Lipinski definition) is 1. The van der Waals surface area contributed by atoms with Crippen molar-refractivity contribution in [3.05, 3.63) is 78.0 Å². The van der Waals surface area contributed by atoms with Gasteiger partial charge in [0.15, 0.2) is 0 Å². The fourth-order valence-corrected chi connectivity index (χ4v) is 3.23. The summed E-state index contributed by atoms with van der Waals surface area (Å²) in [6, 6.07) is 12.6. The Kier molecular flexibility index (Phi) is 5.45. The van der Waals surface area contributed by atoms with Crippen LogP contribution in [0.2, 0.25) is 0 Å². The van der Waals surface area contributed by atoms with E-state index in [0.29, 0.717) is 11.3 Å². The van der Waals surface area contributed by atoms with Crippen molar-refractivity contribution in [3.63, 3.8) is 0 Å². The number of nitrogens with two attached hydrogens (primary N) is 1. The summed E-state index contributed by atoms with van der Waals surface area (Å²) in [4.78, 5) is 24.2. The van der Waals surface area contributed by atoms with Crippen molar-refractivity contribution in [3.8, 4) is 22.4 Å². The highest BCUT2D eigenvalue weighted by Crippen LogP contribution is 2.33. The topological polar surface area (TPSA) is 91.0 Å². The number of fused-ring (bicyclic) bond motifs is 1. The number of pyridine rings is 1. The summed E-state index contributed by atoms with van der Waals surface area (Å²) >= 11 is 0.